The number of rotatable bonds is 1. The first-order valence-electron chi connectivity index (χ1n) is 4.22. The summed E-state index contributed by atoms with van der Waals surface area (Å²) in [7, 11) is 1.58. The molecule has 1 aliphatic rings. The van der Waals surface area contributed by atoms with Gasteiger partial charge in [0.05, 0.1) is 12.8 Å². The van der Waals surface area contributed by atoms with Crippen molar-refractivity contribution in [3.63, 3.8) is 0 Å². The van der Waals surface area contributed by atoms with Crippen LogP contribution in [0.5, 0.6) is 5.75 Å². The Morgan fingerprint density at radius 3 is 2.85 bits per heavy atom. The van der Waals surface area contributed by atoms with E-state index in [1.165, 1.54) is 0 Å². The molecule has 0 amide bonds. The predicted molar refractivity (Wildman–Crippen MR) is 50.1 cm³/mol. The summed E-state index contributed by atoms with van der Waals surface area (Å²) in [4.78, 5) is 11.3. The van der Waals surface area contributed by atoms with Crippen molar-refractivity contribution in [3.8, 4) is 5.75 Å². The number of ketones is 1. The van der Waals surface area contributed by atoms with Crippen LogP contribution in [-0.2, 0) is 6.42 Å². The number of hydrogen-bond donors (Lipinski definition) is 1. The molecular formula is C10H11NO2. The van der Waals surface area contributed by atoms with E-state index in [0.717, 1.165) is 17.5 Å². The summed E-state index contributed by atoms with van der Waals surface area (Å²) < 4.78 is 5.07. The molecule has 68 valence electrons. The number of hydrogen-bond acceptors (Lipinski definition) is 3. The van der Waals surface area contributed by atoms with E-state index in [2.05, 4.69) is 0 Å². The van der Waals surface area contributed by atoms with Crippen molar-refractivity contribution in [1.29, 1.82) is 0 Å². The minimum atomic E-state index is 0.185. The van der Waals surface area contributed by atoms with Crippen LogP contribution in [0.4, 0.5) is 5.69 Å². The van der Waals surface area contributed by atoms with Gasteiger partial charge in [0.25, 0.3) is 0 Å². The van der Waals surface area contributed by atoms with E-state index in [-0.39, 0.29) is 5.78 Å². The van der Waals surface area contributed by atoms with Crippen LogP contribution in [0.3, 0.4) is 0 Å². The van der Waals surface area contributed by atoms with Gasteiger partial charge in [0.1, 0.15) is 5.75 Å². The SMILES string of the molecule is COc1ccc2c(c1N)CCC2=O. The molecule has 0 saturated heterocycles. The maximum atomic E-state index is 11.3. The van der Waals surface area contributed by atoms with E-state index in [4.69, 9.17) is 10.5 Å². The van der Waals surface area contributed by atoms with Gasteiger partial charge >= 0.3 is 0 Å². The third-order valence-corrected chi connectivity index (χ3v) is 2.44. The van der Waals surface area contributed by atoms with E-state index < -0.39 is 0 Å². The Hall–Kier alpha value is -1.51. The average Bonchev–Trinajstić information content (AvgIpc) is 2.50. The molecule has 0 fully saturated rings. The Bertz CT molecular complexity index is 371. The second kappa shape index (κ2) is 2.76. The summed E-state index contributed by atoms with van der Waals surface area (Å²) >= 11 is 0. The van der Waals surface area contributed by atoms with Gasteiger partial charge < -0.3 is 10.5 Å². The minimum absolute atomic E-state index is 0.185. The lowest BCUT2D eigenvalue weighted by Gasteiger charge is -2.07. The van der Waals surface area contributed by atoms with Gasteiger partial charge in [-0.05, 0) is 24.1 Å². The molecule has 0 saturated carbocycles. The standard InChI is InChI=1S/C10H11NO2/c1-13-9-5-3-6-7(10(9)11)2-4-8(6)12/h3,5H,2,4,11H2,1H3. The highest BCUT2D eigenvalue weighted by Gasteiger charge is 2.22. The summed E-state index contributed by atoms with van der Waals surface area (Å²) in [5, 5.41) is 0. The molecule has 1 aromatic carbocycles. The number of methoxy groups -OCH3 is 1. The van der Waals surface area contributed by atoms with Crippen LogP contribution in [0, 0.1) is 0 Å². The molecule has 1 aromatic rings. The number of nitrogen functional groups attached to an aromatic ring is 1. The smallest absolute Gasteiger partial charge is 0.163 e. The molecule has 0 spiro atoms. The Morgan fingerprint density at radius 2 is 2.15 bits per heavy atom. The van der Waals surface area contributed by atoms with Crippen LogP contribution in [0.1, 0.15) is 22.3 Å². The van der Waals surface area contributed by atoms with E-state index >= 15 is 0 Å². The fraction of sp³-hybridized carbons (Fsp3) is 0.300. The zero-order valence-electron chi connectivity index (χ0n) is 7.46. The molecule has 0 heterocycles. The van der Waals surface area contributed by atoms with Crippen LogP contribution in [0.15, 0.2) is 12.1 Å². The highest BCUT2D eigenvalue weighted by atomic mass is 16.5. The number of ether oxygens (including phenoxy) is 1. The normalized spacial score (nSPS) is 14.4. The molecule has 0 radical (unpaired) electrons. The Labute approximate surface area is 76.5 Å². The van der Waals surface area contributed by atoms with Gasteiger partial charge in [-0.25, -0.2) is 0 Å². The molecule has 2 N–H and O–H groups in total. The molecule has 1 aliphatic carbocycles. The number of benzene rings is 1. The zero-order chi connectivity index (χ0) is 9.42. The molecule has 13 heavy (non-hydrogen) atoms. The summed E-state index contributed by atoms with van der Waals surface area (Å²) in [5.41, 5.74) is 8.16. The monoisotopic (exact) mass is 177 g/mol. The summed E-state index contributed by atoms with van der Waals surface area (Å²) in [5.74, 6) is 0.845. The first-order chi connectivity index (χ1) is 6.24. The van der Waals surface area contributed by atoms with Crippen molar-refractivity contribution in [2.24, 2.45) is 0 Å². The van der Waals surface area contributed by atoms with Gasteiger partial charge in [-0.3, -0.25) is 4.79 Å². The minimum Gasteiger partial charge on any atom is -0.495 e. The van der Waals surface area contributed by atoms with Gasteiger partial charge in [0.15, 0.2) is 5.78 Å². The molecule has 0 aromatic heterocycles. The Morgan fingerprint density at radius 1 is 1.38 bits per heavy atom. The number of fused-ring (bicyclic) bond motifs is 1. The van der Waals surface area contributed by atoms with E-state index in [1.54, 1.807) is 19.2 Å². The molecule has 2 rings (SSSR count). The Kier molecular flexibility index (Phi) is 1.72. The summed E-state index contributed by atoms with van der Waals surface area (Å²) in [6.07, 6.45) is 1.32. The first-order valence-corrected chi connectivity index (χ1v) is 4.22. The van der Waals surface area contributed by atoms with Gasteiger partial charge in [-0.2, -0.15) is 0 Å². The summed E-state index contributed by atoms with van der Waals surface area (Å²) in [6, 6.07) is 3.54. The number of carbonyl (C=O) groups is 1. The third kappa shape index (κ3) is 1.08. The number of anilines is 1. The van der Waals surface area contributed by atoms with Crippen molar-refractivity contribution in [1.82, 2.24) is 0 Å². The van der Waals surface area contributed by atoms with Gasteiger partial charge in [-0.15, -0.1) is 0 Å². The van der Waals surface area contributed by atoms with Crippen molar-refractivity contribution in [2.75, 3.05) is 12.8 Å². The van der Waals surface area contributed by atoms with Crippen LogP contribution >= 0.6 is 0 Å². The maximum absolute atomic E-state index is 11.3. The van der Waals surface area contributed by atoms with Crippen LogP contribution in [0.2, 0.25) is 0 Å². The molecular weight excluding hydrogens is 166 g/mol. The van der Waals surface area contributed by atoms with Gasteiger partial charge in [-0.1, -0.05) is 0 Å². The van der Waals surface area contributed by atoms with Gasteiger partial charge in [0.2, 0.25) is 0 Å². The Balaban J connectivity index is 2.60. The highest BCUT2D eigenvalue weighted by molar-refractivity contribution is 6.02. The van der Waals surface area contributed by atoms with Crippen LogP contribution < -0.4 is 10.5 Å². The number of carbonyl (C=O) groups excluding carboxylic acids is 1. The molecule has 3 heteroatoms. The van der Waals surface area contributed by atoms with Crippen molar-refractivity contribution in [2.45, 2.75) is 12.8 Å². The van der Waals surface area contributed by atoms with E-state index in [1.807, 2.05) is 0 Å². The maximum Gasteiger partial charge on any atom is 0.163 e. The van der Waals surface area contributed by atoms with E-state index in [9.17, 15) is 4.79 Å². The first kappa shape index (κ1) is 8.10. The quantitative estimate of drug-likeness (QED) is 0.660. The second-order valence-corrected chi connectivity index (χ2v) is 3.13. The average molecular weight is 177 g/mol. The van der Waals surface area contributed by atoms with Crippen molar-refractivity contribution < 1.29 is 9.53 Å². The van der Waals surface area contributed by atoms with Crippen LogP contribution in [-0.4, -0.2) is 12.9 Å². The van der Waals surface area contributed by atoms with Gasteiger partial charge in [0, 0.05) is 12.0 Å². The predicted octanol–water partition coefficient (Wildman–Crippen LogP) is 1.41. The summed E-state index contributed by atoms with van der Waals surface area (Å²) in [6.45, 7) is 0. The van der Waals surface area contributed by atoms with Crippen molar-refractivity contribution >= 4 is 11.5 Å². The fourth-order valence-corrected chi connectivity index (χ4v) is 1.72. The highest BCUT2D eigenvalue weighted by Crippen LogP contribution is 2.33. The number of Topliss-reactive ketones (excluding diaryl/α,β-unsaturated/α-hetero) is 1. The lowest BCUT2D eigenvalue weighted by Crippen LogP contribution is -1.98. The molecule has 0 aliphatic heterocycles. The molecule has 0 atom stereocenters. The van der Waals surface area contributed by atoms with E-state index in [0.29, 0.717) is 17.9 Å². The topological polar surface area (TPSA) is 52.3 Å². The number of nitrogens with two attached hydrogens (primary N) is 1. The fourth-order valence-electron chi connectivity index (χ4n) is 1.72. The largest absolute Gasteiger partial charge is 0.495 e. The van der Waals surface area contributed by atoms with Crippen LogP contribution in [0.25, 0.3) is 0 Å². The second-order valence-electron chi connectivity index (χ2n) is 3.13. The third-order valence-electron chi connectivity index (χ3n) is 2.44. The zero-order valence-corrected chi connectivity index (χ0v) is 7.46. The molecule has 0 unspecified atom stereocenters. The molecule has 0 bridgehead atoms. The molecule has 3 nitrogen and oxygen atoms in total. The van der Waals surface area contributed by atoms with Crippen molar-refractivity contribution in [3.05, 3.63) is 23.3 Å². The lowest BCUT2D eigenvalue weighted by atomic mass is 10.1. The lowest BCUT2D eigenvalue weighted by molar-refractivity contribution is 0.0994.